The molecule has 0 saturated carbocycles. The van der Waals surface area contributed by atoms with E-state index in [2.05, 4.69) is 0 Å². The van der Waals surface area contributed by atoms with Gasteiger partial charge in [0.15, 0.2) is 0 Å². The third-order valence-electron chi connectivity index (χ3n) is 3.96. The standard InChI is InChI=1S/C18H13FN2O4/c1-18(2)14-8-11(12-5-10(9-20)6-13(19)7-12)3-4-15(14)21(16(22)23)17(24)25-18/h3-8H,1-2H3,(H,22,23). The van der Waals surface area contributed by atoms with Crippen LogP contribution in [0.25, 0.3) is 11.1 Å². The van der Waals surface area contributed by atoms with Crippen LogP contribution in [0.5, 0.6) is 0 Å². The number of hydrogen-bond acceptors (Lipinski definition) is 4. The number of nitrogens with zero attached hydrogens (tertiary/aromatic N) is 2. The molecular formula is C18H13FN2O4. The van der Waals surface area contributed by atoms with Crippen LogP contribution in [-0.4, -0.2) is 17.3 Å². The predicted octanol–water partition coefficient (Wildman–Crippen LogP) is 4.23. The highest BCUT2D eigenvalue weighted by atomic mass is 19.1. The summed E-state index contributed by atoms with van der Waals surface area (Å²) < 4.78 is 18.9. The Kier molecular flexibility index (Phi) is 3.68. The Bertz CT molecular complexity index is 947. The van der Waals surface area contributed by atoms with Crippen LogP contribution >= 0.6 is 0 Å². The number of carboxylic acid groups (broad SMARTS) is 1. The fourth-order valence-electron chi connectivity index (χ4n) is 2.81. The number of cyclic esters (lactones) is 1. The van der Waals surface area contributed by atoms with Crippen LogP contribution in [0.1, 0.15) is 25.0 Å². The van der Waals surface area contributed by atoms with Crippen molar-refractivity contribution in [2.24, 2.45) is 0 Å². The summed E-state index contributed by atoms with van der Waals surface area (Å²) in [6.45, 7) is 3.28. The van der Waals surface area contributed by atoms with Crippen LogP contribution in [0.2, 0.25) is 0 Å². The van der Waals surface area contributed by atoms with Gasteiger partial charge >= 0.3 is 12.2 Å². The van der Waals surface area contributed by atoms with E-state index in [0.29, 0.717) is 21.6 Å². The number of hydrogen-bond donors (Lipinski definition) is 1. The van der Waals surface area contributed by atoms with Crippen molar-refractivity contribution >= 4 is 17.9 Å². The molecule has 0 saturated heterocycles. The van der Waals surface area contributed by atoms with Gasteiger partial charge in [-0.25, -0.2) is 14.0 Å². The molecule has 0 aliphatic carbocycles. The van der Waals surface area contributed by atoms with Crippen LogP contribution in [0.15, 0.2) is 36.4 Å². The molecule has 1 heterocycles. The molecule has 7 heteroatoms. The lowest BCUT2D eigenvalue weighted by atomic mass is 9.90. The van der Waals surface area contributed by atoms with Gasteiger partial charge in [0.25, 0.3) is 0 Å². The van der Waals surface area contributed by atoms with E-state index in [9.17, 15) is 19.1 Å². The second-order valence-electron chi connectivity index (χ2n) is 6.07. The molecule has 25 heavy (non-hydrogen) atoms. The quantitative estimate of drug-likeness (QED) is 0.838. The number of benzene rings is 2. The molecule has 0 fully saturated rings. The van der Waals surface area contributed by atoms with Gasteiger partial charge in [0, 0.05) is 5.56 Å². The van der Waals surface area contributed by atoms with Crippen molar-refractivity contribution in [3.8, 4) is 17.2 Å². The molecule has 2 amide bonds. The molecule has 0 spiro atoms. The lowest BCUT2D eigenvalue weighted by Gasteiger charge is -2.36. The molecule has 0 aromatic heterocycles. The maximum atomic E-state index is 13.7. The lowest BCUT2D eigenvalue weighted by Crippen LogP contribution is -2.46. The summed E-state index contributed by atoms with van der Waals surface area (Å²) in [6, 6.07) is 10.5. The summed E-state index contributed by atoms with van der Waals surface area (Å²) in [6.07, 6.45) is -2.43. The van der Waals surface area contributed by atoms with E-state index in [1.807, 2.05) is 6.07 Å². The van der Waals surface area contributed by atoms with Crippen LogP contribution in [-0.2, 0) is 10.3 Å². The molecule has 3 rings (SSSR count). The van der Waals surface area contributed by atoms with E-state index in [0.717, 1.165) is 6.07 Å². The van der Waals surface area contributed by atoms with E-state index in [1.54, 1.807) is 26.0 Å². The van der Waals surface area contributed by atoms with Crippen molar-refractivity contribution < 1.29 is 23.8 Å². The molecule has 2 aromatic rings. The predicted molar refractivity (Wildman–Crippen MR) is 86.6 cm³/mol. The van der Waals surface area contributed by atoms with Crippen molar-refractivity contribution in [3.63, 3.8) is 0 Å². The van der Waals surface area contributed by atoms with Crippen LogP contribution in [0, 0.1) is 17.1 Å². The smallest absolute Gasteiger partial charge is 0.424 e. The summed E-state index contributed by atoms with van der Waals surface area (Å²) in [5, 5.41) is 18.2. The number of rotatable bonds is 1. The van der Waals surface area contributed by atoms with Gasteiger partial charge in [-0.05, 0) is 55.3 Å². The van der Waals surface area contributed by atoms with Gasteiger partial charge in [-0.1, -0.05) is 6.07 Å². The topological polar surface area (TPSA) is 90.6 Å². The molecule has 1 aliphatic rings. The normalized spacial score (nSPS) is 15.1. The Morgan fingerprint density at radius 1 is 1.24 bits per heavy atom. The average Bonchev–Trinajstić information content (AvgIpc) is 2.53. The first-order valence-electron chi connectivity index (χ1n) is 7.34. The lowest BCUT2D eigenvalue weighted by molar-refractivity contribution is 0.0356. The Morgan fingerprint density at radius 2 is 1.96 bits per heavy atom. The number of imide groups is 1. The van der Waals surface area contributed by atoms with E-state index in [1.165, 1.54) is 18.2 Å². The largest absolute Gasteiger partial charge is 0.464 e. The number of halogens is 1. The number of nitriles is 1. The van der Waals surface area contributed by atoms with Gasteiger partial charge < -0.3 is 9.84 Å². The Hall–Kier alpha value is -3.40. The van der Waals surface area contributed by atoms with Crippen LogP contribution < -0.4 is 4.90 Å². The first-order chi connectivity index (χ1) is 11.7. The highest BCUT2D eigenvalue weighted by Gasteiger charge is 2.41. The van der Waals surface area contributed by atoms with Crippen LogP contribution in [0.4, 0.5) is 19.7 Å². The Balaban J connectivity index is 2.19. The Morgan fingerprint density at radius 3 is 2.60 bits per heavy atom. The van der Waals surface area contributed by atoms with Gasteiger partial charge in [-0.3, -0.25) is 0 Å². The number of ether oxygens (including phenoxy) is 1. The number of anilines is 1. The molecule has 0 atom stereocenters. The van der Waals surface area contributed by atoms with Crippen molar-refractivity contribution in [3.05, 3.63) is 53.3 Å². The SMILES string of the molecule is CC1(C)OC(=O)N(C(=O)O)c2ccc(-c3cc(F)cc(C#N)c3)cc21. The fourth-order valence-corrected chi connectivity index (χ4v) is 2.81. The van der Waals surface area contributed by atoms with Gasteiger partial charge in [0.2, 0.25) is 0 Å². The summed E-state index contributed by atoms with van der Waals surface area (Å²) >= 11 is 0. The highest BCUT2D eigenvalue weighted by Crippen LogP contribution is 2.41. The molecule has 0 radical (unpaired) electrons. The molecule has 1 N–H and O–H groups in total. The minimum atomic E-state index is -1.45. The van der Waals surface area contributed by atoms with E-state index in [4.69, 9.17) is 10.00 Å². The molecule has 0 unspecified atom stereocenters. The number of fused-ring (bicyclic) bond motifs is 1. The highest BCUT2D eigenvalue weighted by molar-refractivity contribution is 6.10. The maximum Gasteiger partial charge on any atom is 0.424 e. The minimum Gasteiger partial charge on any atom is -0.464 e. The summed E-state index contributed by atoms with van der Waals surface area (Å²) in [4.78, 5) is 23.8. The molecule has 2 aromatic carbocycles. The van der Waals surface area contributed by atoms with Crippen molar-refractivity contribution in [1.82, 2.24) is 0 Å². The summed E-state index contributed by atoms with van der Waals surface area (Å²) in [5.41, 5.74) is 0.814. The third kappa shape index (κ3) is 2.78. The van der Waals surface area contributed by atoms with Crippen molar-refractivity contribution in [1.29, 1.82) is 5.26 Å². The zero-order chi connectivity index (χ0) is 18.4. The van der Waals surface area contributed by atoms with Gasteiger partial charge in [-0.15, -0.1) is 0 Å². The van der Waals surface area contributed by atoms with Crippen LogP contribution in [0.3, 0.4) is 0 Å². The number of amides is 2. The molecule has 6 nitrogen and oxygen atoms in total. The first kappa shape index (κ1) is 16.5. The minimum absolute atomic E-state index is 0.172. The second-order valence-corrected chi connectivity index (χ2v) is 6.07. The third-order valence-corrected chi connectivity index (χ3v) is 3.96. The zero-order valence-electron chi connectivity index (χ0n) is 13.4. The first-order valence-corrected chi connectivity index (χ1v) is 7.34. The van der Waals surface area contributed by atoms with Gasteiger partial charge in [0.1, 0.15) is 11.4 Å². The summed E-state index contributed by atoms with van der Waals surface area (Å²) in [7, 11) is 0. The number of carbonyl (C=O) groups excluding carboxylic acids is 1. The molecule has 126 valence electrons. The molecule has 1 aliphatic heterocycles. The zero-order valence-corrected chi connectivity index (χ0v) is 13.4. The molecule has 0 bridgehead atoms. The van der Waals surface area contributed by atoms with Gasteiger partial charge in [0.05, 0.1) is 17.3 Å². The molecular weight excluding hydrogens is 327 g/mol. The monoisotopic (exact) mass is 340 g/mol. The number of carbonyl (C=O) groups is 2. The second kappa shape index (κ2) is 5.60. The van der Waals surface area contributed by atoms with E-state index in [-0.39, 0.29) is 11.3 Å². The summed E-state index contributed by atoms with van der Waals surface area (Å²) in [5.74, 6) is -0.551. The average molecular weight is 340 g/mol. The maximum absolute atomic E-state index is 13.7. The van der Waals surface area contributed by atoms with Gasteiger partial charge in [-0.2, -0.15) is 10.2 Å². The van der Waals surface area contributed by atoms with E-state index < -0.39 is 23.6 Å². The Labute approximate surface area is 142 Å². The van der Waals surface area contributed by atoms with Crippen molar-refractivity contribution in [2.45, 2.75) is 19.4 Å². The fraction of sp³-hybridized carbons (Fsp3) is 0.167. The van der Waals surface area contributed by atoms with Crippen molar-refractivity contribution in [2.75, 3.05) is 4.90 Å². The van der Waals surface area contributed by atoms with E-state index >= 15 is 0 Å².